The van der Waals surface area contributed by atoms with Crippen molar-refractivity contribution >= 4 is 28.3 Å². The van der Waals surface area contributed by atoms with Crippen LogP contribution in [0.4, 0.5) is 5.69 Å². The van der Waals surface area contributed by atoms with Gasteiger partial charge >= 0.3 is 0 Å². The summed E-state index contributed by atoms with van der Waals surface area (Å²) in [7, 11) is 0. The molecule has 1 N–H and O–H groups in total. The molecule has 1 atom stereocenters. The van der Waals surface area contributed by atoms with Crippen molar-refractivity contribution in [2.45, 2.75) is 13.0 Å². The summed E-state index contributed by atoms with van der Waals surface area (Å²) in [6.07, 6.45) is 1.70. The van der Waals surface area contributed by atoms with E-state index in [0.717, 1.165) is 11.4 Å². The van der Waals surface area contributed by atoms with E-state index in [0.29, 0.717) is 0 Å². The van der Waals surface area contributed by atoms with Crippen molar-refractivity contribution in [3.05, 3.63) is 52.0 Å². The normalized spacial score (nSPS) is 12.4. The molecule has 2 aromatic rings. The van der Waals surface area contributed by atoms with Gasteiger partial charge in [0.1, 0.15) is 5.76 Å². The fourth-order valence-electron chi connectivity index (χ4n) is 1.44. The molecule has 2 rings (SSSR count). The fourth-order valence-corrected chi connectivity index (χ4v) is 1.98. The van der Waals surface area contributed by atoms with Crippen LogP contribution in [0.3, 0.4) is 0 Å². The molecule has 1 unspecified atom stereocenters. The molecular weight excluding hydrogens is 301 g/mol. The summed E-state index contributed by atoms with van der Waals surface area (Å²) in [6.45, 7) is 2.08. The predicted octanol–water partition coefficient (Wildman–Crippen LogP) is 4.06. The van der Waals surface area contributed by atoms with E-state index >= 15 is 0 Å². The van der Waals surface area contributed by atoms with Crippen molar-refractivity contribution in [3.63, 3.8) is 0 Å². The highest BCUT2D eigenvalue weighted by Crippen LogP contribution is 2.20. The van der Waals surface area contributed by atoms with Crippen molar-refractivity contribution in [3.8, 4) is 0 Å². The Hall–Kier alpha value is -0.970. The Bertz CT molecular complexity index is 425. The number of benzene rings is 1. The molecule has 0 aliphatic heterocycles. The molecule has 0 fully saturated rings. The highest BCUT2D eigenvalue weighted by atomic mass is 127. The first-order chi connectivity index (χ1) is 7.25. The second kappa shape index (κ2) is 4.70. The Kier molecular flexibility index (Phi) is 3.30. The summed E-state index contributed by atoms with van der Waals surface area (Å²) in [6, 6.07) is 12.4. The average Bonchev–Trinajstić information content (AvgIpc) is 2.70. The van der Waals surface area contributed by atoms with Crippen LogP contribution < -0.4 is 5.32 Å². The van der Waals surface area contributed by atoms with E-state index in [1.54, 1.807) is 6.26 Å². The van der Waals surface area contributed by atoms with Gasteiger partial charge < -0.3 is 9.73 Å². The maximum absolute atomic E-state index is 5.33. The van der Waals surface area contributed by atoms with Gasteiger partial charge in [0, 0.05) is 9.26 Å². The quantitative estimate of drug-likeness (QED) is 0.865. The van der Waals surface area contributed by atoms with Gasteiger partial charge in [-0.05, 0) is 59.8 Å². The average molecular weight is 313 g/mol. The van der Waals surface area contributed by atoms with Gasteiger partial charge in [0.15, 0.2) is 0 Å². The lowest BCUT2D eigenvalue weighted by Crippen LogP contribution is -2.05. The lowest BCUT2D eigenvalue weighted by Gasteiger charge is -2.12. The zero-order valence-corrected chi connectivity index (χ0v) is 10.6. The summed E-state index contributed by atoms with van der Waals surface area (Å²) in [5, 5.41) is 3.39. The molecule has 1 aromatic carbocycles. The van der Waals surface area contributed by atoms with Crippen LogP contribution in [0.5, 0.6) is 0 Å². The third-order valence-corrected chi connectivity index (χ3v) is 2.85. The van der Waals surface area contributed by atoms with Crippen LogP contribution >= 0.6 is 22.6 Å². The zero-order valence-electron chi connectivity index (χ0n) is 8.41. The molecule has 0 bridgehead atoms. The number of furan rings is 1. The second-order valence-electron chi connectivity index (χ2n) is 3.39. The summed E-state index contributed by atoms with van der Waals surface area (Å²) < 4.78 is 6.56. The number of nitrogens with one attached hydrogen (secondary N) is 1. The molecule has 3 heteroatoms. The minimum absolute atomic E-state index is 0.193. The van der Waals surface area contributed by atoms with Crippen LogP contribution in [0.2, 0.25) is 0 Å². The van der Waals surface area contributed by atoms with Crippen molar-refractivity contribution in [2.24, 2.45) is 0 Å². The summed E-state index contributed by atoms with van der Waals surface area (Å²) >= 11 is 2.30. The molecule has 1 aromatic heterocycles. The summed E-state index contributed by atoms with van der Waals surface area (Å²) in [5.74, 6) is 0.953. The maximum atomic E-state index is 5.33. The Labute approximate surface area is 103 Å². The third-order valence-electron chi connectivity index (χ3n) is 2.18. The Morgan fingerprint density at radius 3 is 2.80 bits per heavy atom. The van der Waals surface area contributed by atoms with E-state index in [9.17, 15) is 0 Å². The molecule has 0 saturated carbocycles. The van der Waals surface area contributed by atoms with Crippen molar-refractivity contribution in [2.75, 3.05) is 5.32 Å². The van der Waals surface area contributed by atoms with Crippen LogP contribution in [0.15, 0.2) is 47.1 Å². The van der Waals surface area contributed by atoms with E-state index < -0.39 is 0 Å². The first-order valence-electron chi connectivity index (χ1n) is 4.81. The van der Waals surface area contributed by atoms with Gasteiger partial charge in [-0.2, -0.15) is 0 Å². The first kappa shape index (κ1) is 10.5. The van der Waals surface area contributed by atoms with Crippen molar-refractivity contribution < 1.29 is 4.42 Å². The molecule has 1 heterocycles. The third kappa shape index (κ3) is 2.75. The topological polar surface area (TPSA) is 25.2 Å². The summed E-state index contributed by atoms with van der Waals surface area (Å²) in [5.41, 5.74) is 1.12. The standard InChI is InChI=1S/C12H12INO/c1-9(12-6-3-7-15-12)14-11-5-2-4-10(13)8-11/h2-9,14H,1H3. The summed E-state index contributed by atoms with van der Waals surface area (Å²) in [4.78, 5) is 0. The SMILES string of the molecule is CC(Nc1cccc(I)c1)c1ccco1. The highest BCUT2D eigenvalue weighted by Gasteiger charge is 2.07. The van der Waals surface area contributed by atoms with Gasteiger partial charge in [0.2, 0.25) is 0 Å². The van der Waals surface area contributed by atoms with Crippen molar-refractivity contribution in [1.29, 1.82) is 0 Å². The van der Waals surface area contributed by atoms with Crippen LogP contribution in [-0.2, 0) is 0 Å². The van der Waals surface area contributed by atoms with Gasteiger partial charge in [0.05, 0.1) is 12.3 Å². The smallest absolute Gasteiger partial charge is 0.125 e. The molecule has 0 aliphatic carbocycles. The van der Waals surface area contributed by atoms with E-state index in [-0.39, 0.29) is 6.04 Å². The molecule has 78 valence electrons. The molecule has 0 radical (unpaired) electrons. The second-order valence-corrected chi connectivity index (χ2v) is 4.64. The lowest BCUT2D eigenvalue weighted by atomic mass is 10.2. The number of halogens is 1. The molecule has 15 heavy (non-hydrogen) atoms. The Morgan fingerprint density at radius 1 is 1.27 bits per heavy atom. The molecule has 0 aliphatic rings. The largest absolute Gasteiger partial charge is 0.467 e. The van der Waals surface area contributed by atoms with Gasteiger partial charge in [-0.3, -0.25) is 0 Å². The van der Waals surface area contributed by atoms with Crippen LogP contribution in [-0.4, -0.2) is 0 Å². The zero-order chi connectivity index (χ0) is 10.7. The minimum atomic E-state index is 0.193. The minimum Gasteiger partial charge on any atom is -0.467 e. The number of hydrogen-bond donors (Lipinski definition) is 1. The first-order valence-corrected chi connectivity index (χ1v) is 5.89. The van der Waals surface area contributed by atoms with Gasteiger partial charge in [-0.1, -0.05) is 6.07 Å². The molecular formula is C12H12INO. The van der Waals surface area contributed by atoms with Crippen LogP contribution in [0.25, 0.3) is 0 Å². The highest BCUT2D eigenvalue weighted by molar-refractivity contribution is 14.1. The van der Waals surface area contributed by atoms with Gasteiger partial charge in [0.25, 0.3) is 0 Å². The number of rotatable bonds is 3. The van der Waals surface area contributed by atoms with Crippen molar-refractivity contribution in [1.82, 2.24) is 0 Å². The predicted molar refractivity (Wildman–Crippen MR) is 69.9 cm³/mol. The molecule has 0 spiro atoms. The maximum Gasteiger partial charge on any atom is 0.125 e. The number of anilines is 1. The molecule has 0 amide bonds. The molecule has 0 saturated heterocycles. The van der Waals surface area contributed by atoms with E-state index in [2.05, 4.69) is 53.0 Å². The Morgan fingerprint density at radius 2 is 2.13 bits per heavy atom. The molecule has 2 nitrogen and oxygen atoms in total. The van der Waals surface area contributed by atoms with Crippen LogP contribution in [0, 0.1) is 3.57 Å². The monoisotopic (exact) mass is 313 g/mol. The lowest BCUT2D eigenvalue weighted by molar-refractivity contribution is 0.490. The van der Waals surface area contributed by atoms with E-state index in [1.165, 1.54) is 3.57 Å². The number of hydrogen-bond acceptors (Lipinski definition) is 2. The van der Waals surface area contributed by atoms with E-state index in [1.807, 2.05) is 18.2 Å². The van der Waals surface area contributed by atoms with E-state index in [4.69, 9.17) is 4.42 Å². The van der Waals surface area contributed by atoms with Crippen LogP contribution in [0.1, 0.15) is 18.7 Å². The fraction of sp³-hybridized carbons (Fsp3) is 0.167. The Balaban J connectivity index is 2.09. The van der Waals surface area contributed by atoms with Gasteiger partial charge in [-0.15, -0.1) is 0 Å². The van der Waals surface area contributed by atoms with Gasteiger partial charge in [-0.25, -0.2) is 0 Å².